The van der Waals surface area contributed by atoms with Crippen molar-refractivity contribution in [2.24, 2.45) is 0 Å². The molecule has 1 amide bonds. The number of β-amino-alcohol motifs (C(OH)–C–C–N with tert-alkyl or cyclic N) is 1. The van der Waals surface area contributed by atoms with Crippen LogP contribution in [-0.4, -0.2) is 44.8 Å². The summed E-state index contributed by atoms with van der Waals surface area (Å²) in [7, 11) is 0. The maximum atomic E-state index is 12.1. The van der Waals surface area contributed by atoms with Crippen LogP contribution in [-0.2, 0) is 11.2 Å². The van der Waals surface area contributed by atoms with Crippen LogP contribution in [0, 0.1) is 13.8 Å². The SMILES string of the molecule is Cc1n[nH]c(C)c1CC(=O)N1CCC(C)(O)C1. The van der Waals surface area contributed by atoms with Gasteiger partial charge in [0.25, 0.3) is 0 Å². The van der Waals surface area contributed by atoms with Gasteiger partial charge in [-0.3, -0.25) is 9.89 Å². The summed E-state index contributed by atoms with van der Waals surface area (Å²) in [6.45, 7) is 6.66. The molecule has 0 saturated carbocycles. The minimum atomic E-state index is -0.726. The number of aryl methyl sites for hydroxylation is 2. The number of rotatable bonds is 2. The Labute approximate surface area is 101 Å². The van der Waals surface area contributed by atoms with Gasteiger partial charge in [-0.1, -0.05) is 0 Å². The summed E-state index contributed by atoms with van der Waals surface area (Å²) in [6, 6.07) is 0. The van der Waals surface area contributed by atoms with Gasteiger partial charge >= 0.3 is 0 Å². The first-order valence-corrected chi connectivity index (χ1v) is 5.90. The van der Waals surface area contributed by atoms with Crippen molar-refractivity contribution in [2.75, 3.05) is 13.1 Å². The fourth-order valence-electron chi connectivity index (χ4n) is 2.26. The second-order valence-corrected chi connectivity index (χ2v) is 5.15. The van der Waals surface area contributed by atoms with Crippen LogP contribution in [0.1, 0.15) is 30.3 Å². The Kier molecular flexibility index (Phi) is 2.95. The molecule has 5 heteroatoms. The minimum absolute atomic E-state index is 0.0652. The third kappa shape index (κ3) is 2.49. The molecule has 2 heterocycles. The number of aromatic amines is 1. The number of carbonyl (C=O) groups excluding carboxylic acids is 1. The van der Waals surface area contributed by atoms with Crippen molar-refractivity contribution in [1.29, 1.82) is 0 Å². The summed E-state index contributed by atoms with van der Waals surface area (Å²) in [6.07, 6.45) is 1.02. The largest absolute Gasteiger partial charge is 0.388 e. The number of aromatic nitrogens is 2. The lowest BCUT2D eigenvalue weighted by Gasteiger charge is -2.19. The van der Waals surface area contributed by atoms with E-state index in [4.69, 9.17) is 0 Å². The van der Waals surface area contributed by atoms with Crippen LogP contribution in [0.5, 0.6) is 0 Å². The molecule has 0 aliphatic carbocycles. The van der Waals surface area contributed by atoms with Gasteiger partial charge in [-0.2, -0.15) is 5.10 Å². The Morgan fingerprint density at radius 3 is 2.76 bits per heavy atom. The predicted molar refractivity (Wildman–Crippen MR) is 63.6 cm³/mol. The summed E-state index contributed by atoms with van der Waals surface area (Å²) in [5, 5.41) is 16.8. The Balaban J connectivity index is 2.03. The van der Waals surface area contributed by atoms with Crippen LogP contribution in [0.4, 0.5) is 0 Å². The fourth-order valence-corrected chi connectivity index (χ4v) is 2.26. The van der Waals surface area contributed by atoms with Crippen LogP contribution >= 0.6 is 0 Å². The zero-order valence-corrected chi connectivity index (χ0v) is 10.6. The molecule has 94 valence electrons. The van der Waals surface area contributed by atoms with Crippen LogP contribution in [0.3, 0.4) is 0 Å². The molecule has 1 fully saturated rings. The molecule has 1 saturated heterocycles. The van der Waals surface area contributed by atoms with Gasteiger partial charge in [-0.05, 0) is 27.2 Å². The average Bonchev–Trinajstić information content (AvgIpc) is 2.75. The van der Waals surface area contributed by atoms with Crippen LogP contribution < -0.4 is 0 Å². The monoisotopic (exact) mass is 237 g/mol. The second-order valence-electron chi connectivity index (χ2n) is 5.15. The van der Waals surface area contributed by atoms with E-state index in [1.807, 2.05) is 13.8 Å². The molecule has 2 rings (SSSR count). The normalized spacial score (nSPS) is 24.4. The molecule has 0 bridgehead atoms. The van der Waals surface area contributed by atoms with E-state index in [0.717, 1.165) is 17.0 Å². The first-order chi connectivity index (χ1) is 7.89. The third-order valence-corrected chi connectivity index (χ3v) is 3.41. The molecular formula is C12H19N3O2. The number of H-pyrrole nitrogens is 1. The highest BCUT2D eigenvalue weighted by Crippen LogP contribution is 2.21. The smallest absolute Gasteiger partial charge is 0.227 e. The first kappa shape index (κ1) is 12.1. The molecule has 0 aromatic carbocycles. The molecule has 1 aliphatic heterocycles. The molecule has 1 aromatic heterocycles. The molecule has 1 aromatic rings. The van der Waals surface area contributed by atoms with E-state index >= 15 is 0 Å². The van der Waals surface area contributed by atoms with Gasteiger partial charge in [0.1, 0.15) is 0 Å². The van der Waals surface area contributed by atoms with Crippen molar-refractivity contribution in [2.45, 2.75) is 39.2 Å². The van der Waals surface area contributed by atoms with Gasteiger partial charge in [0, 0.05) is 24.3 Å². The number of aliphatic hydroxyl groups is 1. The fraction of sp³-hybridized carbons (Fsp3) is 0.667. The maximum Gasteiger partial charge on any atom is 0.227 e. The number of hydrogen-bond acceptors (Lipinski definition) is 3. The van der Waals surface area contributed by atoms with Crippen molar-refractivity contribution < 1.29 is 9.90 Å². The Bertz CT molecular complexity index is 417. The maximum absolute atomic E-state index is 12.1. The average molecular weight is 237 g/mol. The quantitative estimate of drug-likeness (QED) is 0.789. The molecule has 0 spiro atoms. The number of likely N-dealkylation sites (tertiary alicyclic amines) is 1. The standard InChI is InChI=1S/C12H19N3O2/c1-8-10(9(2)14-13-8)6-11(16)15-5-4-12(3,17)7-15/h17H,4-7H2,1-3H3,(H,13,14). The summed E-state index contributed by atoms with van der Waals surface area (Å²) in [4.78, 5) is 13.8. The van der Waals surface area contributed by atoms with Crippen molar-refractivity contribution in [3.63, 3.8) is 0 Å². The predicted octanol–water partition coefficient (Wildman–Crippen LogP) is 0.552. The van der Waals surface area contributed by atoms with E-state index in [2.05, 4.69) is 10.2 Å². The summed E-state index contributed by atoms with van der Waals surface area (Å²) in [5.41, 5.74) is 2.07. The van der Waals surface area contributed by atoms with E-state index in [-0.39, 0.29) is 5.91 Å². The Morgan fingerprint density at radius 1 is 1.59 bits per heavy atom. The Hall–Kier alpha value is -1.36. The Morgan fingerprint density at radius 2 is 2.29 bits per heavy atom. The van der Waals surface area contributed by atoms with Gasteiger partial charge in [0.2, 0.25) is 5.91 Å². The highest BCUT2D eigenvalue weighted by Gasteiger charge is 2.34. The van der Waals surface area contributed by atoms with E-state index < -0.39 is 5.60 Å². The molecule has 2 N–H and O–H groups in total. The number of nitrogens with one attached hydrogen (secondary N) is 1. The number of nitrogens with zero attached hydrogens (tertiary/aromatic N) is 2. The van der Waals surface area contributed by atoms with E-state index in [0.29, 0.717) is 25.9 Å². The lowest BCUT2D eigenvalue weighted by atomic mass is 10.1. The first-order valence-electron chi connectivity index (χ1n) is 5.90. The minimum Gasteiger partial charge on any atom is -0.388 e. The van der Waals surface area contributed by atoms with Crippen molar-refractivity contribution in [1.82, 2.24) is 15.1 Å². The van der Waals surface area contributed by atoms with Crippen molar-refractivity contribution in [3.05, 3.63) is 17.0 Å². The zero-order chi connectivity index (χ0) is 12.6. The number of carbonyl (C=O) groups is 1. The number of amides is 1. The third-order valence-electron chi connectivity index (χ3n) is 3.41. The van der Waals surface area contributed by atoms with Gasteiger partial charge in [-0.15, -0.1) is 0 Å². The summed E-state index contributed by atoms with van der Waals surface area (Å²) < 4.78 is 0. The molecule has 17 heavy (non-hydrogen) atoms. The highest BCUT2D eigenvalue weighted by atomic mass is 16.3. The molecule has 1 aliphatic rings. The topological polar surface area (TPSA) is 69.2 Å². The van der Waals surface area contributed by atoms with Crippen molar-refractivity contribution in [3.8, 4) is 0 Å². The molecule has 1 atom stereocenters. The van der Waals surface area contributed by atoms with E-state index in [1.165, 1.54) is 0 Å². The van der Waals surface area contributed by atoms with Gasteiger partial charge in [0.15, 0.2) is 0 Å². The number of hydrogen-bond donors (Lipinski definition) is 2. The van der Waals surface area contributed by atoms with Crippen molar-refractivity contribution >= 4 is 5.91 Å². The summed E-state index contributed by atoms with van der Waals surface area (Å²) in [5.74, 6) is 0.0652. The molecular weight excluding hydrogens is 218 g/mol. The van der Waals surface area contributed by atoms with Crippen LogP contribution in [0.25, 0.3) is 0 Å². The van der Waals surface area contributed by atoms with E-state index in [1.54, 1.807) is 11.8 Å². The molecule has 5 nitrogen and oxygen atoms in total. The lowest BCUT2D eigenvalue weighted by molar-refractivity contribution is -0.130. The van der Waals surface area contributed by atoms with Gasteiger partial charge in [0.05, 0.1) is 17.7 Å². The highest BCUT2D eigenvalue weighted by molar-refractivity contribution is 5.79. The van der Waals surface area contributed by atoms with Crippen LogP contribution in [0.2, 0.25) is 0 Å². The second kappa shape index (κ2) is 4.14. The van der Waals surface area contributed by atoms with E-state index in [9.17, 15) is 9.90 Å². The van der Waals surface area contributed by atoms with Gasteiger partial charge in [-0.25, -0.2) is 0 Å². The molecule has 0 radical (unpaired) electrons. The van der Waals surface area contributed by atoms with Crippen LogP contribution in [0.15, 0.2) is 0 Å². The lowest BCUT2D eigenvalue weighted by Crippen LogP contribution is -2.34. The molecule has 1 unspecified atom stereocenters. The van der Waals surface area contributed by atoms with Gasteiger partial charge < -0.3 is 10.0 Å². The zero-order valence-electron chi connectivity index (χ0n) is 10.6. The summed E-state index contributed by atoms with van der Waals surface area (Å²) >= 11 is 0.